The van der Waals surface area contributed by atoms with Crippen LogP contribution in [0.1, 0.15) is 30.4 Å². The second-order valence-corrected chi connectivity index (χ2v) is 10.7. The van der Waals surface area contributed by atoms with Crippen LogP contribution in [0.15, 0.2) is 88.8 Å². The Balaban J connectivity index is 1.63. The van der Waals surface area contributed by atoms with Crippen LogP contribution in [0.3, 0.4) is 0 Å². The predicted molar refractivity (Wildman–Crippen MR) is 127 cm³/mol. The van der Waals surface area contributed by atoms with Crippen LogP contribution in [0.5, 0.6) is 0 Å². The third-order valence-electron chi connectivity index (χ3n) is 6.64. The number of hydrogen-bond acceptors (Lipinski definition) is 2. The fourth-order valence-corrected chi connectivity index (χ4v) is 6.32. The number of piperidine rings is 1. The lowest BCUT2D eigenvalue weighted by atomic mass is 9.78. The molecule has 0 saturated carbocycles. The van der Waals surface area contributed by atoms with Crippen molar-refractivity contribution in [3.8, 4) is 0 Å². The Labute approximate surface area is 188 Å². The minimum absolute atomic E-state index is 0.0350. The largest absolute Gasteiger partial charge is 0.243 e. The molecular weight excluding hydrogens is 421 g/mol. The molecule has 0 N–H and O–H groups in total. The predicted octanol–water partition coefficient (Wildman–Crippen LogP) is 6.26. The van der Waals surface area contributed by atoms with Crippen molar-refractivity contribution in [2.45, 2.75) is 31.1 Å². The van der Waals surface area contributed by atoms with Crippen molar-refractivity contribution in [3.05, 3.63) is 95.1 Å². The molecule has 5 rings (SSSR count). The maximum absolute atomic E-state index is 16.2. The van der Waals surface area contributed by atoms with Gasteiger partial charge in [0.25, 0.3) is 0 Å². The van der Waals surface area contributed by atoms with Crippen LogP contribution in [-0.4, -0.2) is 25.8 Å². The first kappa shape index (κ1) is 21.1. The highest BCUT2D eigenvalue weighted by atomic mass is 32.2. The Morgan fingerprint density at radius 3 is 2.53 bits per heavy atom. The van der Waals surface area contributed by atoms with Gasteiger partial charge in [-0.15, -0.1) is 0 Å². The van der Waals surface area contributed by atoms with Crippen molar-refractivity contribution in [1.29, 1.82) is 0 Å². The number of nitrogens with zero attached hydrogens (tertiary/aromatic N) is 1. The van der Waals surface area contributed by atoms with Crippen molar-refractivity contribution in [3.63, 3.8) is 0 Å². The normalized spacial score (nSPS) is 21.2. The smallest absolute Gasteiger partial charge is 0.207 e. The zero-order valence-corrected chi connectivity index (χ0v) is 18.9. The van der Waals surface area contributed by atoms with Crippen molar-refractivity contribution in [1.82, 2.24) is 4.31 Å². The van der Waals surface area contributed by atoms with E-state index >= 15 is 4.39 Å². The van der Waals surface area contributed by atoms with Crippen LogP contribution < -0.4 is 0 Å². The maximum Gasteiger partial charge on any atom is 0.243 e. The van der Waals surface area contributed by atoms with Gasteiger partial charge in [0.05, 0.1) is 4.90 Å². The standard InChI is InChI=1S/C27H26FNO2S/c1-19-13-15-22(16-14-19)32(30,31)29-17-21-8-3-5-11-24(21)26(18-29)27(28)25-12-6-9-20-7-2-4-10-23(20)25/h2,4,6-10,12-16,24H,3,5,11,17-18H2,1H3/b27-26+. The highest BCUT2D eigenvalue weighted by Crippen LogP contribution is 2.42. The average Bonchev–Trinajstić information content (AvgIpc) is 2.83. The number of aryl methyl sites for hydroxylation is 1. The summed E-state index contributed by atoms with van der Waals surface area (Å²) in [5.41, 5.74) is 3.13. The summed E-state index contributed by atoms with van der Waals surface area (Å²) in [6.45, 7) is 2.33. The third kappa shape index (κ3) is 3.70. The summed E-state index contributed by atoms with van der Waals surface area (Å²) in [7, 11) is -3.73. The van der Waals surface area contributed by atoms with Gasteiger partial charge in [0.15, 0.2) is 0 Å². The summed E-state index contributed by atoms with van der Waals surface area (Å²) in [5, 5.41) is 1.82. The molecule has 1 aliphatic heterocycles. The molecular formula is C27H26FNO2S. The Bertz CT molecular complexity index is 1330. The first-order valence-corrected chi connectivity index (χ1v) is 12.5. The molecule has 2 aliphatic rings. The molecule has 3 aromatic carbocycles. The molecule has 1 saturated heterocycles. The topological polar surface area (TPSA) is 37.4 Å². The van der Waals surface area contributed by atoms with Gasteiger partial charge >= 0.3 is 0 Å². The molecule has 1 heterocycles. The Morgan fingerprint density at radius 1 is 0.969 bits per heavy atom. The Hall–Kier alpha value is -2.76. The lowest BCUT2D eigenvalue weighted by Crippen LogP contribution is -2.42. The molecule has 3 nitrogen and oxygen atoms in total. The minimum Gasteiger partial charge on any atom is -0.207 e. The Kier molecular flexibility index (Phi) is 5.48. The second-order valence-electron chi connectivity index (χ2n) is 8.71. The monoisotopic (exact) mass is 447 g/mol. The molecule has 1 atom stereocenters. The number of sulfonamides is 1. The van der Waals surface area contributed by atoms with Crippen LogP contribution in [0, 0.1) is 12.8 Å². The summed E-state index contributed by atoms with van der Waals surface area (Å²) in [6.07, 6.45) is 4.87. The van der Waals surface area contributed by atoms with Crippen LogP contribution in [0.2, 0.25) is 0 Å². The summed E-state index contributed by atoms with van der Waals surface area (Å²) in [4.78, 5) is 0.253. The first-order valence-electron chi connectivity index (χ1n) is 11.1. The molecule has 32 heavy (non-hydrogen) atoms. The average molecular weight is 448 g/mol. The van der Waals surface area contributed by atoms with E-state index in [1.165, 1.54) is 4.31 Å². The Morgan fingerprint density at radius 2 is 1.72 bits per heavy atom. The van der Waals surface area contributed by atoms with Crippen molar-refractivity contribution >= 4 is 26.6 Å². The number of halogens is 1. The zero-order chi connectivity index (χ0) is 22.3. The fourth-order valence-electron chi connectivity index (χ4n) is 4.91. The second kappa shape index (κ2) is 8.30. The summed E-state index contributed by atoms with van der Waals surface area (Å²) < 4.78 is 44.5. The minimum atomic E-state index is -3.73. The van der Waals surface area contributed by atoms with Gasteiger partial charge in [-0.25, -0.2) is 12.8 Å². The zero-order valence-electron chi connectivity index (χ0n) is 18.1. The van der Waals surface area contributed by atoms with Crippen LogP contribution in [0.4, 0.5) is 4.39 Å². The van der Waals surface area contributed by atoms with Crippen molar-refractivity contribution < 1.29 is 12.8 Å². The van der Waals surface area contributed by atoms with Gasteiger partial charge in [0.2, 0.25) is 10.0 Å². The number of benzene rings is 3. The van der Waals surface area contributed by atoms with E-state index in [4.69, 9.17) is 0 Å². The van der Waals surface area contributed by atoms with Gasteiger partial charge in [0.1, 0.15) is 5.83 Å². The van der Waals surface area contributed by atoms with E-state index in [0.717, 1.165) is 41.2 Å². The van der Waals surface area contributed by atoms with Crippen LogP contribution in [0.25, 0.3) is 16.6 Å². The van der Waals surface area contributed by atoms with Gasteiger partial charge in [-0.1, -0.05) is 71.8 Å². The number of hydrogen-bond donors (Lipinski definition) is 0. The van der Waals surface area contributed by atoms with Gasteiger partial charge < -0.3 is 0 Å². The van der Waals surface area contributed by atoms with E-state index in [9.17, 15) is 8.42 Å². The SMILES string of the molecule is Cc1ccc(S(=O)(=O)N2CC3=CCCCC3/C(=C(/F)c3cccc4ccccc34)C2)cc1. The van der Waals surface area contributed by atoms with E-state index in [2.05, 4.69) is 6.08 Å². The lowest BCUT2D eigenvalue weighted by Gasteiger charge is -2.38. The van der Waals surface area contributed by atoms with Gasteiger partial charge in [0, 0.05) is 24.6 Å². The van der Waals surface area contributed by atoms with Crippen molar-refractivity contribution in [2.24, 2.45) is 5.92 Å². The van der Waals surface area contributed by atoms with Crippen molar-refractivity contribution in [2.75, 3.05) is 13.1 Å². The highest BCUT2D eigenvalue weighted by Gasteiger charge is 2.37. The van der Waals surface area contributed by atoms with E-state index in [1.807, 2.05) is 43.3 Å². The summed E-state index contributed by atoms with van der Waals surface area (Å²) in [5.74, 6) is -0.324. The van der Waals surface area contributed by atoms with E-state index < -0.39 is 10.0 Å². The van der Waals surface area contributed by atoms with E-state index in [-0.39, 0.29) is 23.2 Å². The summed E-state index contributed by atoms with van der Waals surface area (Å²) >= 11 is 0. The first-order chi connectivity index (χ1) is 15.4. The van der Waals surface area contributed by atoms with E-state index in [1.54, 1.807) is 30.3 Å². The van der Waals surface area contributed by atoms with Gasteiger partial charge in [-0.2, -0.15) is 4.31 Å². The molecule has 3 aromatic rings. The molecule has 1 unspecified atom stereocenters. The molecule has 1 fully saturated rings. The molecule has 164 valence electrons. The van der Waals surface area contributed by atoms with Gasteiger partial charge in [-0.3, -0.25) is 0 Å². The highest BCUT2D eigenvalue weighted by molar-refractivity contribution is 7.89. The fraction of sp³-hybridized carbons (Fsp3) is 0.259. The van der Waals surface area contributed by atoms with Gasteiger partial charge in [-0.05, 0) is 54.7 Å². The number of fused-ring (bicyclic) bond motifs is 2. The van der Waals surface area contributed by atoms with Crippen LogP contribution in [-0.2, 0) is 10.0 Å². The molecule has 0 aromatic heterocycles. The quantitative estimate of drug-likeness (QED) is 0.445. The molecule has 0 amide bonds. The maximum atomic E-state index is 16.2. The lowest BCUT2D eigenvalue weighted by molar-refractivity contribution is 0.379. The molecule has 0 spiro atoms. The third-order valence-corrected chi connectivity index (χ3v) is 8.45. The number of allylic oxidation sites excluding steroid dienone is 1. The van der Waals surface area contributed by atoms with Crippen LogP contribution >= 0.6 is 0 Å². The molecule has 0 bridgehead atoms. The number of rotatable bonds is 3. The molecule has 0 radical (unpaired) electrons. The van der Waals surface area contributed by atoms with E-state index in [0.29, 0.717) is 17.7 Å². The summed E-state index contributed by atoms with van der Waals surface area (Å²) in [6, 6.07) is 20.2. The molecule has 5 heteroatoms. The molecule has 1 aliphatic carbocycles.